The number of rotatable bonds is 10. The Morgan fingerprint density at radius 1 is 0.442 bits per heavy atom. The van der Waals surface area contributed by atoms with Gasteiger partial charge in [0.1, 0.15) is 0 Å². The SMILES string of the molecule is O=C([CH-]C(=O)c1ccccc1)c1ccccc1.O=C([CH-]C(=O)c1ccccc1)c1ccccc1.[CH2-]CCC.[CH2-]CCC.[Sn]. The Morgan fingerprint density at radius 3 is 0.744 bits per heavy atom. The standard InChI is InChI=1S/2C15H11O2.2C4H9.Sn/c2*16-14(12-7-3-1-4-8-12)11-15(17)13-9-5-2-6-10-13;2*1-3-4-2;/h2*1-11H;2*1,3-4H2,2H3;/q4*-1;. The zero-order chi connectivity index (χ0) is 31.0. The van der Waals surface area contributed by atoms with E-state index >= 15 is 0 Å². The summed E-state index contributed by atoms with van der Waals surface area (Å²) in [6.07, 6.45) is 6.81. The van der Waals surface area contributed by atoms with Gasteiger partial charge in [0.15, 0.2) is 0 Å². The molecule has 0 bridgehead atoms. The Labute approximate surface area is 274 Å². The summed E-state index contributed by atoms with van der Waals surface area (Å²) in [6, 6.07) is 35.0. The molecule has 0 atom stereocenters. The summed E-state index contributed by atoms with van der Waals surface area (Å²) < 4.78 is 0. The van der Waals surface area contributed by atoms with E-state index in [9.17, 15) is 19.2 Å². The maximum absolute atomic E-state index is 11.8. The number of unbranched alkanes of at least 4 members (excludes halogenated alkanes) is 2. The van der Waals surface area contributed by atoms with Crippen LogP contribution in [0.2, 0.25) is 0 Å². The molecule has 4 aromatic carbocycles. The van der Waals surface area contributed by atoms with Crippen LogP contribution in [-0.2, 0) is 0 Å². The normalized spacial score (nSPS) is 9.02. The minimum Gasteiger partial charge on any atom is -0.343 e. The third kappa shape index (κ3) is 17.0. The predicted octanol–water partition coefficient (Wildman–Crippen LogP) is 8.77. The van der Waals surface area contributed by atoms with Crippen LogP contribution < -0.4 is 0 Å². The van der Waals surface area contributed by atoms with Crippen LogP contribution in [0.15, 0.2) is 121 Å². The van der Waals surface area contributed by atoms with E-state index in [-0.39, 0.29) is 47.0 Å². The number of carbonyl (C=O) groups excluding carboxylic acids is 4. The fourth-order valence-electron chi connectivity index (χ4n) is 2.98. The quantitative estimate of drug-likeness (QED) is 0.0728. The van der Waals surface area contributed by atoms with Crippen molar-refractivity contribution in [3.63, 3.8) is 0 Å². The molecule has 0 aromatic heterocycles. The van der Waals surface area contributed by atoms with Crippen LogP contribution in [0, 0.1) is 26.7 Å². The minimum atomic E-state index is -0.264. The molecule has 4 rings (SSSR count). The smallest absolute Gasteiger partial charge is 0.0832 e. The van der Waals surface area contributed by atoms with Gasteiger partial charge in [0, 0.05) is 23.9 Å². The van der Waals surface area contributed by atoms with E-state index in [1.165, 1.54) is 12.8 Å². The summed E-state index contributed by atoms with van der Waals surface area (Å²) in [7, 11) is 0. The van der Waals surface area contributed by atoms with Gasteiger partial charge in [-0.25, -0.2) is 0 Å². The molecule has 0 spiro atoms. The molecule has 224 valence electrons. The van der Waals surface area contributed by atoms with E-state index in [4.69, 9.17) is 0 Å². The van der Waals surface area contributed by atoms with Crippen molar-refractivity contribution in [1.29, 1.82) is 0 Å². The molecule has 0 aliphatic heterocycles. The number of hydrogen-bond acceptors (Lipinski definition) is 4. The van der Waals surface area contributed by atoms with E-state index in [0.717, 1.165) is 25.7 Å². The predicted molar refractivity (Wildman–Crippen MR) is 178 cm³/mol. The van der Waals surface area contributed by atoms with Gasteiger partial charge in [-0.1, -0.05) is 135 Å². The first-order valence-corrected chi connectivity index (χ1v) is 14.0. The molecule has 0 aliphatic rings. The van der Waals surface area contributed by atoms with Crippen LogP contribution in [0.5, 0.6) is 0 Å². The molecule has 4 aromatic rings. The van der Waals surface area contributed by atoms with Gasteiger partial charge < -0.3 is 33.0 Å². The summed E-state index contributed by atoms with van der Waals surface area (Å²) in [5.74, 6) is -1.06. The van der Waals surface area contributed by atoms with Gasteiger partial charge in [-0.2, -0.15) is 12.8 Å². The number of benzene rings is 4. The van der Waals surface area contributed by atoms with E-state index in [1.54, 1.807) is 97.1 Å². The van der Waals surface area contributed by atoms with Crippen molar-refractivity contribution in [2.75, 3.05) is 0 Å². The Kier molecular flexibility index (Phi) is 22.4. The summed E-state index contributed by atoms with van der Waals surface area (Å²) in [4.78, 5) is 47.0. The molecule has 0 unspecified atom stereocenters. The molecule has 0 N–H and O–H groups in total. The average Bonchev–Trinajstić information content (AvgIpc) is 3.06. The Balaban J connectivity index is 0.000000646. The summed E-state index contributed by atoms with van der Waals surface area (Å²) >= 11 is 0. The molecule has 0 saturated carbocycles. The monoisotopic (exact) mass is 680 g/mol. The molecular weight excluding hydrogens is 639 g/mol. The zero-order valence-electron chi connectivity index (χ0n) is 25.1. The van der Waals surface area contributed by atoms with E-state index in [1.807, 2.05) is 24.3 Å². The molecule has 0 amide bonds. The van der Waals surface area contributed by atoms with Crippen LogP contribution in [0.3, 0.4) is 0 Å². The molecule has 43 heavy (non-hydrogen) atoms. The van der Waals surface area contributed by atoms with Gasteiger partial charge in [-0.15, -0.1) is 48.5 Å². The van der Waals surface area contributed by atoms with Crippen LogP contribution in [0.1, 0.15) is 81.0 Å². The van der Waals surface area contributed by atoms with Gasteiger partial charge in [-0.3, -0.25) is 0 Å². The first kappa shape index (κ1) is 39.1. The van der Waals surface area contributed by atoms with Crippen molar-refractivity contribution >= 4 is 47.0 Å². The van der Waals surface area contributed by atoms with Crippen LogP contribution >= 0.6 is 0 Å². The first-order valence-electron chi connectivity index (χ1n) is 14.0. The summed E-state index contributed by atoms with van der Waals surface area (Å²) in [5.41, 5.74) is 2.10. The molecule has 0 aliphatic carbocycles. The van der Waals surface area contributed by atoms with E-state index < -0.39 is 0 Å². The van der Waals surface area contributed by atoms with Gasteiger partial charge >= 0.3 is 0 Å². The van der Waals surface area contributed by atoms with Crippen LogP contribution in [-0.4, -0.2) is 47.0 Å². The van der Waals surface area contributed by atoms with Crippen molar-refractivity contribution < 1.29 is 19.2 Å². The molecule has 0 heterocycles. The largest absolute Gasteiger partial charge is 0.343 e. The van der Waals surface area contributed by atoms with Gasteiger partial charge in [-0.05, 0) is 0 Å². The van der Waals surface area contributed by atoms with Crippen molar-refractivity contribution in [3.05, 3.63) is 170 Å². The third-order valence-electron chi connectivity index (χ3n) is 5.46. The Bertz CT molecular complexity index is 1100. The van der Waals surface area contributed by atoms with Crippen molar-refractivity contribution in [2.24, 2.45) is 0 Å². The molecule has 5 heteroatoms. The second-order valence-electron chi connectivity index (χ2n) is 8.92. The third-order valence-corrected chi connectivity index (χ3v) is 5.46. The summed E-state index contributed by atoms with van der Waals surface area (Å²) in [5, 5.41) is 0. The fraction of sp³-hybridized carbons (Fsp3) is 0.158. The maximum atomic E-state index is 11.8. The molecule has 4 radical (unpaired) electrons. The molecule has 0 saturated heterocycles. The minimum absolute atomic E-state index is 0. The van der Waals surface area contributed by atoms with Crippen molar-refractivity contribution in [2.45, 2.75) is 39.5 Å². The number of Topliss-reactive ketones (excluding diaryl/α,β-unsaturated/α-hetero) is 4. The topological polar surface area (TPSA) is 68.3 Å². The number of hydrogen-bond donors (Lipinski definition) is 0. The van der Waals surface area contributed by atoms with E-state index in [2.05, 4.69) is 27.7 Å². The molecular formula is C38H40O4Sn-4. The van der Waals surface area contributed by atoms with Crippen LogP contribution in [0.25, 0.3) is 0 Å². The summed E-state index contributed by atoms with van der Waals surface area (Å²) in [6.45, 7) is 11.4. The Hall–Kier alpha value is -3.90. The molecule has 4 nitrogen and oxygen atoms in total. The van der Waals surface area contributed by atoms with Crippen LogP contribution in [0.4, 0.5) is 0 Å². The number of carbonyl (C=O) groups is 4. The Morgan fingerprint density at radius 2 is 0.605 bits per heavy atom. The van der Waals surface area contributed by atoms with Crippen molar-refractivity contribution in [1.82, 2.24) is 0 Å². The second-order valence-corrected chi connectivity index (χ2v) is 8.92. The molecule has 0 fully saturated rings. The number of ketones is 4. The van der Waals surface area contributed by atoms with Gasteiger partial charge in [0.2, 0.25) is 0 Å². The van der Waals surface area contributed by atoms with E-state index in [0.29, 0.717) is 22.3 Å². The first-order chi connectivity index (χ1) is 20.4. The maximum Gasteiger partial charge on any atom is 0.0832 e. The second kappa shape index (κ2) is 24.7. The average molecular weight is 679 g/mol. The zero-order valence-corrected chi connectivity index (χ0v) is 27.9. The van der Waals surface area contributed by atoms with Gasteiger partial charge in [0.05, 0.1) is 23.1 Å². The van der Waals surface area contributed by atoms with Gasteiger partial charge in [0.25, 0.3) is 0 Å². The van der Waals surface area contributed by atoms with Crippen molar-refractivity contribution in [3.8, 4) is 0 Å². The fourth-order valence-corrected chi connectivity index (χ4v) is 2.98.